The number of aromatic nitrogens is 1. The van der Waals surface area contributed by atoms with Crippen LogP contribution in [0, 0.1) is 5.82 Å². The van der Waals surface area contributed by atoms with Crippen LogP contribution in [0.25, 0.3) is 11.3 Å². The molecule has 1 N–H and O–H groups in total. The molecule has 1 aromatic carbocycles. The number of carbonyl (C=O) groups excluding carboxylic acids is 2. The summed E-state index contributed by atoms with van der Waals surface area (Å²) in [6, 6.07) is 9.49. The van der Waals surface area contributed by atoms with Crippen LogP contribution in [-0.2, 0) is 4.79 Å². The summed E-state index contributed by atoms with van der Waals surface area (Å²) in [6.07, 6.45) is 2.62. The first-order valence-electron chi connectivity index (χ1n) is 7.80. The first-order chi connectivity index (χ1) is 11.5. The molecule has 6 heteroatoms. The molecule has 2 aromatic rings. The summed E-state index contributed by atoms with van der Waals surface area (Å²) >= 11 is 0. The Morgan fingerprint density at radius 2 is 2.04 bits per heavy atom. The van der Waals surface area contributed by atoms with Gasteiger partial charge in [0.25, 0.3) is 5.91 Å². The van der Waals surface area contributed by atoms with Crippen LogP contribution in [0.15, 0.2) is 42.6 Å². The van der Waals surface area contributed by atoms with Crippen LogP contribution in [0.1, 0.15) is 23.2 Å². The number of nitrogens with one attached hydrogen (secondary N) is 1. The summed E-state index contributed by atoms with van der Waals surface area (Å²) in [6.45, 7) is 0.516. The quantitative estimate of drug-likeness (QED) is 0.940. The number of rotatable bonds is 3. The van der Waals surface area contributed by atoms with E-state index < -0.39 is 5.82 Å². The van der Waals surface area contributed by atoms with Crippen molar-refractivity contribution in [1.82, 2.24) is 15.2 Å². The van der Waals surface area contributed by atoms with Crippen molar-refractivity contribution in [3.05, 3.63) is 54.0 Å². The van der Waals surface area contributed by atoms with Crippen molar-refractivity contribution in [2.45, 2.75) is 18.9 Å². The van der Waals surface area contributed by atoms with Gasteiger partial charge in [0.1, 0.15) is 11.5 Å². The summed E-state index contributed by atoms with van der Waals surface area (Å²) in [5.41, 5.74) is 1.37. The summed E-state index contributed by atoms with van der Waals surface area (Å²) < 4.78 is 13.7. The van der Waals surface area contributed by atoms with Crippen LogP contribution in [-0.4, -0.2) is 41.3 Å². The molecule has 0 saturated carbocycles. The van der Waals surface area contributed by atoms with E-state index in [0.29, 0.717) is 30.5 Å². The molecule has 1 aromatic heterocycles. The first-order valence-corrected chi connectivity index (χ1v) is 7.80. The molecule has 1 aliphatic rings. The number of benzene rings is 1. The van der Waals surface area contributed by atoms with Gasteiger partial charge in [0.05, 0.1) is 0 Å². The zero-order valence-corrected chi connectivity index (χ0v) is 13.3. The van der Waals surface area contributed by atoms with E-state index in [9.17, 15) is 14.0 Å². The molecule has 2 heterocycles. The molecule has 2 amide bonds. The fourth-order valence-electron chi connectivity index (χ4n) is 2.78. The Morgan fingerprint density at radius 1 is 1.29 bits per heavy atom. The Hall–Kier alpha value is -2.76. The van der Waals surface area contributed by atoms with Gasteiger partial charge < -0.3 is 10.2 Å². The van der Waals surface area contributed by atoms with Crippen LogP contribution in [0.2, 0.25) is 0 Å². The molecule has 1 fully saturated rings. The van der Waals surface area contributed by atoms with E-state index >= 15 is 0 Å². The Bertz CT molecular complexity index is 761. The Balaban J connectivity index is 1.68. The van der Waals surface area contributed by atoms with E-state index in [1.165, 1.54) is 18.3 Å². The van der Waals surface area contributed by atoms with Gasteiger partial charge >= 0.3 is 0 Å². The van der Waals surface area contributed by atoms with Crippen LogP contribution in [0.3, 0.4) is 0 Å². The molecule has 1 aliphatic heterocycles. The highest BCUT2D eigenvalue weighted by Crippen LogP contribution is 2.20. The molecule has 3 rings (SSSR count). The lowest BCUT2D eigenvalue weighted by atomic mass is 10.0. The van der Waals surface area contributed by atoms with Crippen LogP contribution >= 0.6 is 0 Å². The largest absolute Gasteiger partial charge is 0.348 e. The zero-order chi connectivity index (χ0) is 17.1. The van der Waals surface area contributed by atoms with E-state index in [0.717, 1.165) is 0 Å². The Morgan fingerprint density at radius 3 is 2.71 bits per heavy atom. The highest BCUT2D eigenvalue weighted by molar-refractivity contribution is 5.95. The lowest BCUT2D eigenvalue weighted by Gasteiger charge is -2.30. The van der Waals surface area contributed by atoms with E-state index in [1.807, 2.05) is 0 Å². The van der Waals surface area contributed by atoms with E-state index in [1.54, 1.807) is 36.2 Å². The van der Waals surface area contributed by atoms with Crippen LogP contribution < -0.4 is 5.32 Å². The van der Waals surface area contributed by atoms with Gasteiger partial charge in [-0.25, -0.2) is 4.39 Å². The average Bonchev–Trinajstić information content (AvgIpc) is 2.59. The molecule has 1 saturated heterocycles. The molecule has 124 valence electrons. The molecule has 5 nitrogen and oxygen atoms in total. The number of piperidine rings is 1. The SMILES string of the molecule is CN1CC(NC(=O)c2ccc(-c3ncccc3F)cc2)CCC1=O. The number of hydrogen-bond donors (Lipinski definition) is 1. The fourth-order valence-corrected chi connectivity index (χ4v) is 2.78. The van der Waals surface area contributed by atoms with Gasteiger partial charge in [0.2, 0.25) is 5.91 Å². The molecular weight excluding hydrogens is 309 g/mol. The number of amides is 2. The van der Waals surface area contributed by atoms with Crippen LogP contribution in [0.5, 0.6) is 0 Å². The first kappa shape index (κ1) is 16.1. The molecule has 0 spiro atoms. The van der Waals surface area contributed by atoms with Crippen molar-refractivity contribution in [3.8, 4) is 11.3 Å². The van der Waals surface area contributed by atoms with E-state index in [2.05, 4.69) is 10.3 Å². The minimum absolute atomic E-state index is 0.0480. The minimum atomic E-state index is -0.399. The molecule has 0 aliphatic carbocycles. The molecule has 1 unspecified atom stereocenters. The third-order valence-electron chi connectivity index (χ3n) is 4.14. The number of pyridine rings is 1. The minimum Gasteiger partial charge on any atom is -0.348 e. The maximum atomic E-state index is 13.7. The van der Waals surface area contributed by atoms with Gasteiger partial charge in [0.15, 0.2) is 0 Å². The van der Waals surface area contributed by atoms with Gasteiger partial charge in [-0.05, 0) is 30.7 Å². The molecule has 24 heavy (non-hydrogen) atoms. The van der Waals surface area contributed by atoms with E-state index in [-0.39, 0.29) is 23.6 Å². The highest BCUT2D eigenvalue weighted by atomic mass is 19.1. The summed E-state index contributed by atoms with van der Waals surface area (Å²) in [7, 11) is 1.73. The smallest absolute Gasteiger partial charge is 0.251 e. The maximum absolute atomic E-state index is 13.7. The second-order valence-electron chi connectivity index (χ2n) is 5.89. The Kier molecular flexibility index (Phi) is 4.55. The summed E-state index contributed by atoms with van der Waals surface area (Å²) in [5, 5.41) is 2.93. The highest BCUT2D eigenvalue weighted by Gasteiger charge is 2.24. The summed E-state index contributed by atoms with van der Waals surface area (Å²) in [4.78, 5) is 29.4. The van der Waals surface area contributed by atoms with Crippen molar-refractivity contribution < 1.29 is 14.0 Å². The van der Waals surface area contributed by atoms with Gasteiger partial charge in [-0.15, -0.1) is 0 Å². The second-order valence-corrected chi connectivity index (χ2v) is 5.89. The predicted molar refractivity (Wildman–Crippen MR) is 87.8 cm³/mol. The number of carbonyl (C=O) groups is 2. The standard InChI is InChI=1S/C18H18FN3O2/c1-22-11-14(8-9-16(22)23)21-18(24)13-6-4-12(5-7-13)17-15(19)3-2-10-20-17/h2-7,10,14H,8-9,11H2,1H3,(H,21,24). The topological polar surface area (TPSA) is 62.3 Å². The maximum Gasteiger partial charge on any atom is 0.251 e. The number of likely N-dealkylation sites (tertiary alicyclic amines) is 1. The monoisotopic (exact) mass is 327 g/mol. The third kappa shape index (κ3) is 3.42. The van der Waals surface area contributed by atoms with E-state index in [4.69, 9.17) is 0 Å². The van der Waals surface area contributed by atoms with Crippen molar-refractivity contribution in [3.63, 3.8) is 0 Å². The lowest BCUT2D eigenvalue weighted by Crippen LogP contribution is -2.48. The van der Waals surface area contributed by atoms with Gasteiger partial charge in [-0.2, -0.15) is 0 Å². The van der Waals surface area contributed by atoms with Crippen molar-refractivity contribution in [1.29, 1.82) is 0 Å². The number of hydrogen-bond acceptors (Lipinski definition) is 3. The van der Waals surface area contributed by atoms with Gasteiger partial charge in [-0.3, -0.25) is 14.6 Å². The zero-order valence-electron chi connectivity index (χ0n) is 13.3. The third-order valence-corrected chi connectivity index (χ3v) is 4.14. The molecule has 0 bridgehead atoms. The van der Waals surface area contributed by atoms with Crippen molar-refractivity contribution >= 4 is 11.8 Å². The van der Waals surface area contributed by atoms with Crippen molar-refractivity contribution in [2.75, 3.05) is 13.6 Å². The second kappa shape index (κ2) is 6.78. The Labute approximate surface area is 139 Å². The fraction of sp³-hybridized carbons (Fsp3) is 0.278. The molecule has 1 atom stereocenters. The number of nitrogens with zero attached hydrogens (tertiary/aromatic N) is 2. The lowest BCUT2D eigenvalue weighted by molar-refractivity contribution is -0.132. The summed E-state index contributed by atoms with van der Waals surface area (Å²) in [5.74, 6) is -0.498. The van der Waals surface area contributed by atoms with Crippen LogP contribution in [0.4, 0.5) is 4.39 Å². The van der Waals surface area contributed by atoms with Crippen molar-refractivity contribution in [2.24, 2.45) is 0 Å². The normalized spacial score (nSPS) is 17.7. The molecule has 0 radical (unpaired) electrons. The predicted octanol–water partition coefficient (Wildman–Crippen LogP) is 2.24. The van der Waals surface area contributed by atoms with Gasteiger partial charge in [0, 0.05) is 43.4 Å². The number of likely N-dealkylation sites (N-methyl/N-ethyl adjacent to an activating group) is 1. The number of halogens is 1. The van der Waals surface area contributed by atoms with Gasteiger partial charge in [-0.1, -0.05) is 12.1 Å². The average molecular weight is 327 g/mol. The molecular formula is C18H18FN3O2.